The van der Waals surface area contributed by atoms with Gasteiger partial charge < -0.3 is 4.90 Å². The highest BCUT2D eigenvalue weighted by atomic mass is 15.3. The highest BCUT2D eigenvalue weighted by molar-refractivity contribution is 5.59. The SMILES string of the molecule is CN(C)CCCC=NNc1ccc(CC#N)cc1. The molecule has 0 saturated carbocycles. The number of anilines is 1. The van der Waals surface area contributed by atoms with Crippen LogP contribution in [0.4, 0.5) is 5.69 Å². The second kappa shape index (κ2) is 8.26. The second-order valence-corrected chi connectivity index (χ2v) is 4.40. The predicted molar refractivity (Wildman–Crippen MR) is 75.7 cm³/mol. The van der Waals surface area contributed by atoms with Crippen LogP contribution < -0.4 is 5.43 Å². The molecule has 0 heterocycles. The Labute approximate surface area is 109 Å². The first-order valence-corrected chi connectivity index (χ1v) is 6.10. The van der Waals surface area contributed by atoms with E-state index >= 15 is 0 Å². The number of hydrogen-bond acceptors (Lipinski definition) is 4. The van der Waals surface area contributed by atoms with E-state index in [1.807, 2.05) is 30.5 Å². The zero-order valence-corrected chi connectivity index (χ0v) is 11.1. The molecular weight excluding hydrogens is 224 g/mol. The number of unbranched alkanes of at least 4 members (excludes halogenated alkanes) is 1. The lowest BCUT2D eigenvalue weighted by atomic mass is 10.1. The van der Waals surface area contributed by atoms with E-state index in [1.54, 1.807) is 0 Å². The third-order valence-corrected chi connectivity index (χ3v) is 2.46. The normalized spacial score (nSPS) is 10.8. The quantitative estimate of drug-likeness (QED) is 0.455. The van der Waals surface area contributed by atoms with Crippen molar-refractivity contribution in [3.8, 4) is 6.07 Å². The van der Waals surface area contributed by atoms with Crippen molar-refractivity contribution in [1.82, 2.24) is 4.90 Å². The van der Waals surface area contributed by atoms with E-state index < -0.39 is 0 Å². The average Bonchev–Trinajstić information content (AvgIpc) is 2.35. The van der Waals surface area contributed by atoms with Crippen molar-refractivity contribution in [2.45, 2.75) is 19.3 Å². The number of rotatable bonds is 7. The molecule has 1 aromatic rings. The Bertz CT molecular complexity index is 401. The molecule has 0 aromatic heterocycles. The van der Waals surface area contributed by atoms with Gasteiger partial charge in [0.25, 0.3) is 0 Å². The standard InChI is InChI=1S/C14H20N4/c1-18(2)12-4-3-11-16-17-14-7-5-13(6-8-14)9-10-15/h5-8,11,17H,3-4,9,12H2,1-2H3. The van der Waals surface area contributed by atoms with Crippen molar-refractivity contribution < 1.29 is 0 Å². The summed E-state index contributed by atoms with van der Waals surface area (Å²) in [6.07, 6.45) is 4.43. The maximum atomic E-state index is 8.56. The van der Waals surface area contributed by atoms with Crippen LogP contribution in [-0.4, -0.2) is 31.8 Å². The number of nitrogens with one attached hydrogen (secondary N) is 1. The number of hydrogen-bond donors (Lipinski definition) is 1. The van der Waals surface area contributed by atoms with Crippen LogP contribution in [0.5, 0.6) is 0 Å². The van der Waals surface area contributed by atoms with Gasteiger partial charge in [-0.25, -0.2) is 0 Å². The molecule has 0 aliphatic rings. The number of benzene rings is 1. The maximum absolute atomic E-state index is 8.56. The first-order valence-electron chi connectivity index (χ1n) is 6.10. The molecule has 1 aromatic carbocycles. The third kappa shape index (κ3) is 6.02. The molecule has 1 N–H and O–H groups in total. The van der Waals surface area contributed by atoms with Gasteiger partial charge in [-0.3, -0.25) is 5.43 Å². The lowest BCUT2D eigenvalue weighted by Gasteiger charge is -2.06. The van der Waals surface area contributed by atoms with Gasteiger partial charge >= 0.3 is 0 Å². The van der Waals surface area contributed by atoms with Crippen LogP contribution in [0.2, 0.25) is 0 Å². The van der Waals surface area contributed by atoms with Crippen molar-refractivity contribution in [2.75, 3.05) is 26.1 Å². The highest BCUT2D eigenvalue weighted by Gasteiger charge is 1.92. The fourth-order valence-electron chi connectivity index (χ4n) is 1.47. The molecular formula is C14H20N4. The fourth-order valence-corrected chi connectivity index (χ4v) is 1.47. The number of nitrogens with zero attached hydrogens (tertiary/aromatic N) is 3. The maximum Gasteiger partial charge on any atom is 0.0669 e. The monoisotopic (exact) mass is 244 g/mol. The van der Waals surface area contributed by atoms with Crippen LogP contribution in [-0.2, 0) is 6.42 Å². The smallest absolute Gasteiger partial charge is 0.0669 e. The zero-order chi connectivity index (χ0) is 13.2. The lowest BCUT2D eigenvalue weighted by molar-refractivity contribution is 0.404. The van der Waals surface area contributed by atoms with Crippen molar-refractivity contribution in [2.24, 2.45) is 5.10 Å². The summed E-state index contributed by atoms with van der Waals surface area (Å²) in [5.74, 6) is 0. The molecule has 96 valence electrons. The largest absolute Gasteiger partial charge is 0.309 e. The van der Waals surface area contributed by atoms with Gasteiger partial charge in [0.1, 0.15) is 0 Å². The minimum Gasteiger partial charge on any atom is -0.309 e. The van der Waals surface area contributed by atoms with E-state index in [0.717, 1.165) is 30.6 Å². The van der Waals surface area contributed by atoms with E-state index in [-0.39, 0.29) is 0 Å². The van der Waals surface area contributed by atoms with Crippen LogP contribution >= 0.6 is 0 Å². The summed E-state index contributed by atoms with van der Waals surface area (Å²) < 4.78 is 0. The Kier molecular flexibility index (Phi) is 6.52. The Morgan fingerprint density at radius 1 is 1.33 bits per heavy atom. The summed E-state index contributed by atoms with van der Waals surface area (Å²) in [4.78, 5) is 2.16. The molecule has 1 rings (SSSR count). The Morgan fingerprint density at radius 2 is 2.06 bits per heavy atom. The molecule has 0 unspecified atom stereocenters. The molecule has 0 spiro atoms. The molecule has 0 amide bonds. The van der Waals surface area contributed by atoms with Crippen molar-refractivity contribution in [1.29, 1.82) is 5.26 Å². The lowest BCUT2D eigenvalue weighted by Crippen LogP contribution is -2.12. The van der Waals surface area contributed by atoms with Gasteiger partial charge in [0.15, 0.2) is 0 Å². The Balaban J connectivity index is 2.26. The van der Waals surface area contributed by atoms with Gasteiger partial charge in [0, 0.05) is 6.21 Å². The first-order chi connectivity index (χ1) is 8.72. The van der Waals surface area contributed by atoms with E-state index in [4.69, 9.17) is 5.26 Å². The van der Waals surface area contributed by atoms with Gasteiger partial charge in [0.05, 0.1) is 18.2 Å². The third-order valence-electron chi connectivity index (χ3n) is 2.46. The van der Waals surface area contributed by atoms with E-state index in [0.29, 0.717) is 6.42 Å². The summed E-state index contributed by atoms with van der Waals surface area (Å²) in [6.45, 7) is 1.08. The minimum absolute atomic E-state index is 0.452. The van der Waals surface area contributed by atoms with Crippen LogP contribution in [0.1, 0.15) is 18.4 Å². The average molecular weight is 244 g/mol. The molecule has 0 aliphatic carbocycles. The number of hydrazone groups is 1. The van der Waals surface area contributed by atoms with Gasteiger partial charge in [-0.1, -0.05) is 12.1 Å². The summed E-state index contributed by atoms with van der Waals surface area (Å²) >= 11 is 0. The van der Waals surface area contributed by atoms with Crippen molar-refractivity contribution >= 4 is 11.9 Å². The molecule has 0 aliphatic heterocycles. The van der Waals surface area contributed by atoms with Crippen molar-refractivity contribution in [3.05, 3.63) is 29.8 Å². The Hall–Kier alpha value is -1.86. The molecule has 0 radical (unpaired) electrons. The molecule has 18 heavy (non-hydrogen) atoms. The first kappa shape index (κ1) is 14.2. The molecule has 0 saturated heterocycles. The molecule has 0 bridgehead atoms. The van der Waals surface area contributed by atoms with Gasteiger partial charge in [-0.05, 0) is 51.2 Å². The summed E-state index contributed by atoms with van der Waals surface area (Å²) in [6, 6.07) is 9.87. The zero-order valence-electron chi connectivity index (χ0n) is 11.1. The second-order valence-electron chi connectivity index (χ2n) is 4.40. The van der Waals surface area contributed by atoms with Gasteiger partial charge in [-0.15, -0.1) is 0 Å². The van der Waals surface area contributed by atoms with Crippen LogP contribution in [0.3, 0.4) is 0 Å². The van der Waals surface area contributed by atoms with Crippen LogP contribution in [0.25, 0.3) is 0 Å². The summed E-state index contributed by atoms with van der Waals surface area (Å²) in [5, 5.41) is 12.7. The molecule has 4 heteroatoms. The molecule has 0 atom stereocenters. The van der Waals surface area contributed by atoms with Crippen LogP contribution in [0, 0.1) is 11.3 Å². The fraction of sp³-hybridized carbons (Fsp3) is 0.429. The van der Waals surface area contributed by atoms with Gasteiger partial charge in [0.2, 0.25) is 0 Å². The van der Waals surface area contributed by atoms with Crippen molar-refractivity contribution in [3.63, 3.8) is 0 Å². The number of nitriles is 1. The Morgan fingerprint density at radius 3 is 2.67 bits per heavy atom. The van der Waals surface area contributed by atoms with E-state index in [9.17, 15) is 0 Å². The highest BCUT2D eigenvalue weighted by Crippen LogP contribution is 2.09. The van der Waals surface area contributed by atoms with Gasteiger partial charge in [-0.2, -0.15) is 10.4 Å². The van der Waals surface area contributed by atoms with E-state index in [2.05, 4.69) is 35.6 Å². The van der Waals surface area contributed by atoms with Crippen LogP contribution in [0.15, 0.2) is 29.4 Å². The predicted octanol–water partition coefficient (Wildman–Crippen LogP) is 2.49. The topological polar surface area (TPSA) is 51.4 Å². The molecule has 4 nitrogen and oxygen atoms in total. The minimum atomic E-state index is 0.452. The molecule has 0 fully saturated rings. The summed E-state index contributed by atoms with van der Waals surface area (Å²) in [5.41, 5.74) is 4.95. The van der Waals surface area contributed by atoms with E-state index in [1.165, 1.54) is 0 Å². The summed E-state index contributed by atoms with van der Waals surface area (Å²) in [7, 11) is 4.14.